The van der Waals surface area contributed by atoms with Crippen LogP contribution in [0.25, 0.3) is 0 Å². The topological polar surface area (TPSA) is 53.4 Å². The lowest BCUT2D eigenvalue weighted by Crippen LogP contribution is -2.39. The van der Waals surface area contributed by atoms with Crippen molar-refractivity contribution in [2.24, 2.45) is 0 Å². The van der Waals surface area contributed by atoms with Crippen molar-refractivity contribution < 1.29 is 9.90 Å². The number of hydrogen-bond donors (Lipinski definition) is 1. The molecule has 0 bridgehead atoms. The fourth-order valence-electron chi connectivity index (χ4n) is 1.36. The maximum atomic E-state index is 12.0. The molecular weight excluding hydrogens is 192 g/mol. The van der Waals surface area contributed by atoms with Crippen molar-refractivity contribution in [2.45, 2.75) is 19.9 Å². The van der Waals surface area contributed by atoms with Crippen molar-refractivity contribution >= 4 is 5.91 Å². The second-order valence-electron chi connectivity index (χ2n) is 3.56. The lowest BCUT2D eigenvalue weighted by atomic mass is 10.2. The van der Waals surface area contributed by atoms with Gasteiger partial charge < -0.3 is 10.0 Å². The Bertz CT molecular complexity index is 312. The van der Waals surface area contributed by atoms with E-state index in [0.29, 0.717) is 12.1 Å². The fraction of sp³-hybridized carbons (Fsp3) is 0.455. The third kappa shape index (κ3) is 3.02. The second-order valence-corrected chi connectivity index (χ2v) is 3.56. The van der Waals surface area contributed by atoms with Crippen molar-refractivity contribution in [1.29, 1.82) is 0 Å². The molecule has 1 aromatic heterocycles. The predicted octanol–water partition coefficient (Wildman–Crippen LogP) is 0.925. The first kappa shape index (κ1) is 11.7. The highest BCUT2D eigenvalue weighted by Crippen LogP contribution is 2.06. The molecule has 4 nitrogen and oxygen atoms in total. The smallest absolute Gasteiger partial charge is 0.255 e. The van der Waals surface area contributed by atoms with E-state index in [1.54, 1.807) is 23.2 Å². The Morgan fingerprint density at radius 2 is 2.33 bits per heavy atom. The molecule has 0 radical (unpaired) electrons. The number of nitrogens with zero attached hydrogens (tertiary/aromatic N) is 2. The minimum atomic E-state index is -0.0906. The zero-order valence-corrected chi connectivity index (χ0v) is 9.05. The number of pyridine rings is 1. The molecule has 4 heteroatoms. The van der Waals surface area contributed by atoms with Crippen LogP contribution in [0.1, 0.15) is 24.2 Å². The molecule has 0 aromatic carbocycles. The van der Waals surface area contributed by atoms with Gasteiger partial charge in [-0.3, -0.25) is 9.78 Å². The molecule has 1 heterocycles. The normalized spacial score (nSPS) is 10.4. The molecule has 1 N–H and O–H groups in total. The van der Waals surface area contributed by atoms with Crippen molar-refractivity contribution in [3.63, 3.8) is 0 Å². The van der Waals surface area contributed by atoms with E-state index in [0.717, 1.165) is 0 Å². The van der Waals surface area contributed by atoms with Crippen molar-refractivity contribution in [2.75, 3.05) is 13.2 Å². The first-order valence-corrected chi connectivity index (χ1v) is 4.98. The van der Waals surface area contributed by atoms with E-state index in [4.69, 9.17) is 5.11 Å². The van der Waals surface area contributed by atoms with Gasteiger partial charge in [0, 0.05) is 25.0 Å². The summed E-state index contributed by atoms with van der Waals surface area (Å²) in [6.07, 6.45) is 3.16. The molecule has 0 saturated carbocycles. The summed E-state index contributed by atoms with van der Waals surface area (Å²) in [4.78, 5) is 17.5. The number of carbonyl (C=O) groups is 1. The zero-order chi connectivity index (χ0) is 11.3. The van der Waals surface area contributed by atoms with Gasteiger partial charge in [0.05, 0.1) is 12.2 Å². The summed E-state index contributed by atoms with van der Waals surface area (Å²) < 4.78 is 0. The predicted molar refractivity (Wildman–Crippen MR) is 57.5 cm³/mol. The number of hydrogen-bond acceptors (Lipinski definition) is 3. The van der Waals surface area contributed by atoms with Crippen LogP contribution in [0.2, 0.25) is 0 Å². The van der Waals surface area contributed by atoms with Gasteiger partial charge in [-0.25, -0.2) is 0 Å². The third-order valence-electron chi connectivity index (χ3n) is 2.13. The first-order valence-electron chi connectivity index (χ1n) is 4.98. The average molecular weight is 208 g/mol. The highest BCUT2D eigenvalue weighted by atomic mass is 16.3. The minimum absolute atomic E-state index is 0.0236. The first-order chi connectivity index (χ1) is 7.16. The highest BCUT2D eigenvalue weighted by Gasteiger charge is 2.17. The minimum Gasteiger partial charge on any atom is -0.395 e. The zero-order valence-electron chi connectivity index (χ0n) is 9.05. The highest BCUT2D eigenvalue weighted by molar-refractivity contribution is 5.94. The molecule has 0 fully saturated rings. The van der Waals surface area contributed by atoms with Gasteiger partial charge in [0.15, 0.2) is 0 Å². The molecule has 1 amide bonds. The number of carbonyl (C=O) groups excluding carboxylic acids is 1. The van der Waals surface area contributed by atoms with Crippen LogP contribution in [-0.2, 0) is 0 Å². The second kappa shape index (κ2) is 5.46. The molecule has 15 heavy (non-hydrogen) atoms. The van der Waals surface area contributed by atoms with Crippen molar-refractivity contribution in [3.05, 3.63) is 30.1 Å². The molecular formula is C11H16N2O2. The summed E-state index contributed by atoms with van der Waals surface area (Å²) in [7, 11) is 0. The summed E-state index contributed by atoms with van der Waals surface area (Å²) in [5, 5.41) is 8.87. The van der Waals surface area contributed by atoms with Gasteiger partial charge >= 0.3 is 0 Å². The molecule has 82 valence electrons. The van der Waals surface area contributed by atoms with E-state index < -0.39 is 0 Å². The number of aliphatic hydroxyl groups excluding tert-OH is 1. The van der Waals surface area contributed by atoms with Crippen LogP contribution in [0.4, 0.5) is 0 Å². The summed E-state index contributed by atoms with van der Waals surface area (Å²) in [6.45, 7) is 4.17. The Labute approximate surface area is 89.6 Å². The molecule has 0 spiro atoms. The van der Waals surface area contributed by atoms with Gasteiger partial charge in [-0.15, -0.1) is 0 Å². The van der Waals surface area contributed by atoms with E-state index in [1.165, 1.54) is 6.20 Å². The molecule has 0 aliphatic carbocycles. The van der Waals surface area contributed by atoms with Gasteiger partial charge in [-0.05, 0) is 26.0 Å². The Balaban J connectivity index is 2.81. The summed E-state index contributed by atoms with van der Waals surface area (Å²) in [6, 6.07) is 3.53. The van der Waals surface area contributed by atoms with Crippen molar-refractivity contribution in [1.82, 2.24) is 9.88 Å². The van der Waals surface area contributed by atoms with Gasteiger partial charge in [0.1, 0.15) is 0 Å². The Morgan fingerprint density at radius 3 is 2.80 bits per heavy atom. The van der Waals surface area contributed by atoms with E-state index in [9.17, 15) is 4.79 Å². The van der Waals surface area contributed by atoms with Crippen LogP contribution in [-0.4, -0.2) is 40.1 Å². The van der Waals surface area contributed by atoms with Crippen LogP contribution < -0.4 is 0 Å². The molecule has 1 rings (SSSR count). The maximum absolute atomic E-state index is 12.0. The van der Waals surface area contributed by atoms with E-state index >= 15 is 0 Å². The largest absolute Gasteiger partial charge is 0.395 e. The molecule has 0 unspecified atom stereocenters. The standard InChI is InChI=1S/C11H16N2O2/c1-9(2)13(6-7-14)11(15)10-4-3-5-12-8-10/h3-5,8-9,14H,6-7H2,1-2H3. The van der Waals surface area contributed by atoms with E-state index in [1.807, 2.05) is 13.8 Å². The molecule has 0 atom stereocenters. The lowest BCUT2D eigenvalue weighted by Gasteiger charge is -2.25. The van der Waals surface area contributed by atoms with Crippen LogP contribution >= 0.6 is 0 Å². The SMILES string of the molecule is CC(C)N(CCO)C(=O)c1cccnc1. The van der Waals surface area contributed by atoms with Crippen LogP contribution in [0.5, 0.6) is 0 Å². The number of aliphatic hydroxyl groups is 1. The molecule has 0 saturated heterocycles. The number of aromatic nitrogens is 1. The van der Waals surface area contributed by atoms with Gasteiger partial charge in [0.2, 0.25) is 0 Å². The van der Waals surface area contributed by atoms with Gasteiger partial charge in [0.25, 0.3) is 5.91 Å². The van der Waals surface area contributed by atoms with Crippen LogP contribution in [0.15, 0.2) is 24.5 Å². The third-order valence-corrected chi connectivity index (χ3v) is 2.13. The van der Waals surface area contributed by atoms with Crippen molar-refractivity contribution in [3.8, 4) is 0 Å². The number of amides is 1. The monoisotopic (exact) mass is 208 g/mol. The average Bonchev–Trinajstić information content (AvgIpc) is 2.26. The summed E-state index contributed by atoms with van der Waals surface area (Å²) in [5.74, 6) is -0.0906. The van der Waals surface area contributed by atoms with Crippen LogP contribution in [0.3, 0.4) is 0 Å². The van der Waals surface area contributed by atoms with Crippen LogP contribution in [0, 0.1) is 0 Å². The quantitative estimate of drug-likeness (QED) is 0.800. The Morgan fingerprint density at radius 1 is 1.60 bits per heavy atom. The van der Waals surface area contributed by atoms with E-state index in [2.05, 4.69) is 4.98 Å². The van der Waals surface area contributed by atoms with Gasteiger partial charge in [-0.2, -0.15) is 0 Å². The number of rotatable bonds is 4. The summed E-state index contributed by atoms with van der Waals surface area (Å²) >= 11 is 0. The summed E-state index contributed by atoms with van der Waals surface area (Å²) in [5.41, 5.74) is 0.555. The fourth-order valence-corrected chi connectivity index (χ4v) is 1.36. The molecule has 1 aromatic rings. The molecule has 0 aliphatic rings. The van der Waals surface area contributed by atoms with Gasteiger partial charge in [-0.1, -0.05) is 0 Å². The maximum Gasteiger partial charge on any atom is 0.255 e. The molecule has 0 aliphatic heterocycles. The lowest BCUT2D eigenvalue weighted by molar-refractivity contribution is 0.0665. The van der Waals surface area contributed by atoms with E-state index in [-0.39, 0.29) is 18.6 Å². The Hall–Kier alpha value is -1.42. The Kier molecular flexibility index (Phi) is 4.24.